The normalized spacial score (nSPS) is 10.8. The van der Waals surface area contributed by atoms with Gasteiger partial charge in [0.25, 0.3) is 0 Å². The molecule has 3 nitrogen and oxygen atoms in total. The second-order valence-corrected chi connectivity index (χ2v) is 6.08. The Morgan fingerprint density at radius 3 is 2.57 bits per heavy atom. The summed E-state index contributed by atoms with van der Waals surface area (Å²) >= 11 is 15.7. The lowest BCUT2D eigenvalue weighted by Gasteiger charge is -2.14. The number of halogens is 3. The van der Waals surface area contributed by atoms with Crippen molar-refractivity contribution in [2.24, 2.45) is 0 Å². The van der Waals surface area contributed by atoms with Gasteiger partial charge in [-0.3, -0.25) is 4.98 Å². The van der Waals surface area contributed by atoms with Crippen LogP contribution < -0.4 is 11.1 Å². The molecule has 6 heteroatoms. The van der Waals surface area contributed by atoms with Crippen molar-refractivity contribution < 1.29 is 0 Å². The highest BCUT2D eigenvalue weighted by Gasteiger charge is 2.11. The van der Waals surface area contributed by atoms with Crippen molar-refractivity contribution in [3.8, 4) is 0 Å². The van der Waals surface area contributed by atoms with Gasteiger partial charge in [0.2, 0.25) is 0 Å². The van der Waals surface area contributed by atoms with Gasteiger partial charge >= 0.3 is 0 Å². The molecule has 2 aromatic carbocycles. The summed E-state index contributed by atoms with van der Waals surface area (Å²) in [6.07, 6.45) is 3.49. The number of benzene rings is 2. The third-order valence-corrected chi connectivity index (χ3v) is 4.94. The standard InChI is InChI=1S/C15H10BrCl2N3/c16-10-2-4-11(14(18)13(10)17)21-12-3-1-8-7-20-6-5-9(8)15(12)19/h1-7,21H,19H2. The number of nitrogens with two attached hydrogens (primary N) is 1. The van der Waals surface area contributed by atoms with E-state index >= 15 is 0 Å². The Hall–Kier alpha value is -1.49. The minimum absolute atomic E-state index is 0.445. The smallest absolute Gasteiger partial charge is 0.0838 e. The highest BCUT2D eigenvalue weighted by molar-refractivity contribution is 9.10. The van der Waals surface area contributed by atoms with Gasteiger partial charge in [-0.1, -0.05) is 29.3 Å². The molecule has 0 radical (unpaired) electrons. The first-order valence-corrected chi connectivity index (χ1v) is 7.65. The number of nitrogens with zero attached hydrogens (tertiary/aromatic N) is 1. The number of aromatic nitrogens is 1. The SMILES string of the molecule is Nc1c(Nc2ccc(Br)c(Cl)c2Cl)ccc2cnccc12. The van der Waals surface area contributed by atoms with Crippen molar-refractivity contribution in [1.82, 2.24) is 4.98 Å². The maximum Gasteiger partial charge on any atom is 0.0838 e. The summed E-state index contributed by atoms with van der Waals surface area (Å²) in [4.78, 5) is 4.08. The fraction of sp³-hybridized carbons (Fsp3) is 0. The molecule has 1 aromatic heterocycles. The number of pyridine rings is 1. The number of rotatable bonds is 2. The lowest BCUT2D eigenvalue weighted by molar-refractivity contribution is 1.36. The molecule has 0 aliphatic carbocycles. The molecular weight excluding hydrogens is 373 g/mol. The molecule has 1 heterocycles. The quantitative estimate of drug-likeness (QED) is 0.446. The largest absolute Gasteiger partial charge is 0.397 e. The van der Waals surface area contributed by atoms with E-state index in [4.69, 9.17) is 28.9 Å². The Bertz CT molecular complexity index is 837. The van der Waals surface area contributed by atoms with E-state index in [0.717, 1.165) is 20.9 Å². The Balaban J connectivity index is 2.06. The topological polar surface area (TPSA) is 50.9 Å². The first kappa shape index (κ1) is 14.4. The molecule has 0 unspecified atom stereocenters. The molecule has 0 saturated carbocycles. The summed E-state index contributed by atoms with van der Waals surface area (Å²) in [6.45, 7) is 0. The van der Waals surface area contributed by atoms with Gasteiger partial charge in [-0.05, 0) is 40.2 Å². The Kier molecular flexibility index (Phi) is 3.93. The van der Waals surface area contributed by atoms with Crippen LogP contribution in [-0.2, 0) is 0 Å². The van der Waals surface area contributed by atoms with Crippen LogP contribution >= 0.6 is 39.1 Å². The van der Waals surface area contributed by atoms with Crippen molar-refractivity contribution in [3.05, 3.63) is 57.2 Å². The van der Waals surface area contributed by atoms with Crippen LogP contribution in [-0.4, -0.2) is 4.98 Å². The van der Waals surface area contributed by atoms with Crippen LogP contribution in [0.2, 0.25) is 10.0 Å². The van der Waals surface area contributed by atoms with E-state index in [-0.39, 0.29) is 0 Å². The maximum atomic E-state index is 6.24. The number of hydrogen-bond donors (Lipinski definition) is 2. The van der Waals surface area contributed by atoms with Crippen LogP contribution in [0.4, 0.5) is 17.1 Å². The van der Waals surface area contributed by atoms with E-state index in [1.165, 1.54) is 0 Å². The van der Waals surface area contributed by atoms with Gasteiger partial charge < -0.3 is 11.1 Å². The Labute approximate surface area is 140 Å². The Morgan fingerprint density at radius 2 is 1.76 bits per heavy atom. The van der Waals surface area contributed by atoms with Crippen LogP contribution in [0.25, 0.3) is 10.8 Å². The van der Waals surface area contributed by atoms with Crippen LogP contribution in [0.15, 0.2) is 47.2 Å². The molecule has 106 valence electrons. The van der Waals surface area contributed by atoms with Crippen molar-refractivity contribution >= 4 is 67.0 Å². The van der Waals surface area contributed by atoms with Gasteiger partial charge in [-0.15, -0.1) is 0 Å². The molecule has 3 rings (SSSR count). The minimum atomic E-state index is 0.445. The van der Waals surface area contributed by atoms with Crippen molar-refractivity contribution in [2.45, 2.75) is 0 Å². The lowest BCUT2D eigenvalue weighted by Crippen LogP contribution is -1.98. The molecular formula is C15H10BrCl2N3. The highest BCUT2D eigenvalue weighted by atomic mass is 79.9. The average molecular weight is 383 g/mol. The third kappa shape index (κ3) is 2.67. The zero-order valence-electron chi connectivity index (χ0n) is 10.7. The number of anilines is 3. The number of fused-ring (bicyclic) bond motifs is 1. The monoisotopic (exact) mass is 381 g/mol. The van der Waals surface area contributed by atoms with Crippen molar-refractivity contribution in [3.63, 3.8) is 0 Å². The number of nitrogens with one attached hydrogen (secondary N) is 1. The second-order valence-electron chi connectivity index (χ2n) is 4.47. The lowest BCUT2D eigenvalue weighted by atomic mass is 10.1. The fourth-order valence-electron chi connectivity index (χ4n) is 2.07. The summed E-state index contributed by atoms with van der Waals surface area (Å²) in [5.74, 6) is 0. The number of hydrogen-bond acceptors (Lipinski definition) is 3. The molecule has 0 amide bonds. The van der Waals surface area contributed by atoms with Gasteiger partial charge in [0.1, 0.15) is 0 Å². The van der Waals surface area contributed by atoms with Crippen LogP contribution in [0, 0.1) is 0 Å². The molecule has 21 heavy (non-hydrogen) atoms. The first-order valence-electron chi connectivity index (χ1n) is 6.10. The third-order valence-electron chi connectivity index (χ3n) is 3.17. The minimum Gasteiger partial charge on any atom is -0.397 e. The molecule has 0 atom stereocenters. The van der Waals surface area contributed by atoms with E-state index in [1.807, 2.05) is 30.3 Å². The van der Waals surface area contributed by atoms with Gasteiger partial charge in [-0.2, -0.15) is 0 Å². The van der Waals surface area contributed by atoms with E-state index in [2.05, 4.69) is 26.2 Å². The van der Waals surface area contributed by atoms with Gasteiger partial charge in [0.15, 0.2) is 0 Å². The van der Waals surface area contributed by atoms with Crippen LogP contribution in [0.1, 0.15) is 0 Å². The molecule has 0 saturated heterocycles. The van der Waals surface area contributed by atoms with Gasteiger partial charge in [-0.25, -0.2) is 0 Å². The summed E-state index contributed by atoms with van der Waals surface area (Å²) < 4.78 is 0.747. The molecule has 0 aliphatic rings. The summed E-state index contributed by atoms with van der Waals surface area (Å²) in [7, 11) is 0. The van der Waals surface area contributed by atoms with E-state index in [1.54, 1.807) is 12.4 Å². The second kappa shape index (κ2) is 5.72. The first-order chi connectivity index (χ1) is 10.1. The summed E-state index contributed by atoms with van der Waals surface area (Å²) in [5, 5.41) is 6.05. The molecule has 3 N–H and O–H groups in total. The summed E-state index contributed by atoms with van der Waals surface area (Å²) in [5.41, 5.74) is 8.32. The Morgan fingerprint density at radius 1 is 1.00 bits per heavy atom. The fourth-order valence-corrected chi connectivity index (χ4v) is 2.89. The van der Waals surface area contributed by atoms with Crippen LogP contribution in [0.5, 0.6) is 0 Å². The predicted molar refractivity (Wildman–Crippen MR) is 93.6 cm³/mol. The highest BCUT2D eigenvalue weighted by Crippen LogP contribution is 2.38. The van der Waals surface area contributed by atoms with E-state index in [0.29, 0.717) is 21.4 Å². The number of nitrogen functional groups attached to an aromatic ring is 1. The molecule has 3 aromatic rings. The predicted octanol–water partition coefficient (Wildman–Crippen LogP) is 5.63. The molecule has 0 bridgehead atoms. The van der Waals surface area contributed by atoms with Crippen molar-refractivity contribution in [2.75, 3.05) is 11.1 Å². The average Bonchev–Trinajstić information content (AvgIpc) is 2.50. The zero-order chi connectivity index (χ0) is 15.0. The molecule has 0 fully saturated rings. The van der Waals surface area contributed by atoms with E-state index in [9.17, 15) is 0 Å². The molecule has 0 aliphatic heterocycles. The zero-order valence-corrected chi connectivity index (χ0v) is 13.8. The van der Waals surface area contributed by atoms with Crippen LogP contribution in [0.3, 0.4) is 0 Å². The van der Waals surface area contributed by atoms with E-state index < -0.39 is 0 Å². The van der Waals surface area contributed by atoms with Gasteiger partial charge in [0, 0.05) is 27.6 Å². The van der Waals surface area contributed by atoms with Crippen molar-refractivity contribution in [1.29, 1.82) is 0 Å². The maximum absolute atomic E-state index is 6.24. The van der Waals surface area contributed by atoms with Gasteiger partial charge in [0.05, 0.1) is 27.1 Å². The summed E-state index contributed by atoms with van der Waals surface area (Å²) in [6, 6.07) is 9.40. The molecule has 0 spiro atoms.